The molecule has 2 atom stereocenters. The second kappa shape index (κ2) is 10.2. The van der Waals surface area contributed by atoms with Crippen LogP contribution in [-0.2, 0) is 21.3 Å². The molecule has 38 heavy (non-hydrogen) atoms. The smallest absolute Gasteiger partial charge is 0.414 e. The number of ether oxygens (including phenoxy) is 2. The largest absolute Gasteiger partial charge is 0.493 e. The Morgan fingerprint density at radius 2 is 1.79 bits per heavy atom. The van der Waals surface area contributed by atoms with Crippen molar-refractivity contribution < 1.29 is 37.4 Å². The fourth-order valence-electron chi connectivity index (χ4n) is 4.63. The fraction of sp³-hybridized carbons (Fsp3) is 0.423. The molecule has 2 aliphatic rings. The summed E-state index contributed by atoms with van der Waals surface area (Å²) in [6, 6.07) is 11.9. The normalized spacial score (nSPS) is 19.3. The Labute approximate surface area is 221 Å². The minimum Gasteiger partial charge on any atom is -0.493 e. The van der Waals surface area contributed by atoms with E-state index < -0.39 is 33.7 Å². The summed E-state index contributed by atoms with van der Waals surface area (Å²) in [6.07, 6.45) is -0.657. The molecule has 2 heterocycles. The number of carbonyl (C=O) groups is 3. The lowest BCUT2D eigenvalue weighted by Gasteiger charge is -2.24. The Hall–Kier alpha value is -3.80. The van der Waals surface area contributed by atoms with Gasteiger partial charge in [0.15, 0.2) is 0 Å². The number of nitrogens with one attached hydrogen (secondary N) is 1. The van der Waals surface area contributed by atoms with Crippen LogP contribution >= 0.6 is 0 Å². The Bertz CT molecular complexity index is 1350. The summed E-state index contributed by atoms with van der Waals surface area (Å²) in [5, 5.41) is 9.22. The number of sulfonamides is 1. The highest BCUT2D eigenvalue weighted by Gasteiger charge is 2.39. The monoisotopic (exact) mass is 545 g/mol. The number of imide groups is 1. The van der Waals surface area contributed by atoms with Crippen molar-refractivity contribution in [1.29, 1.82) is 0 Å². The quantitative estimate of drug-likeness (QED) is 0.559. The van der Waals surface area contributed by atoms with Crippen LogP contribution in [0.3, 0.4) is 0 Å². The van der Waals surface area contributed by atoms with Crippen molar-refractivity contribution >= 4 is 33.8 Å². The predicted octanol–water partition coefficient (Wildman–Crippen LogP) is 3.72. The van der Waals surface area contributed by atoms with E-state index in [1.807, 2.05) is 12.1 Å². The fourth-order valence-corrected chi connectivity index (χ4v) is 5.20. The highest BCUT2D eigenvalue weighted by atomic mass is 32.2. The van der Waals surface area contributed by atoms with E-state index in [-0.39, 0.29) is 30.6 Å². The summed E-state index contributed by atoms with van der Waals surface area (Å²) in [5.41, 5.74) is 1.59. The maximum absolute atomic E-state index is 12.8. The summed E-state index contributed by atoms with van der Waals surface area (Å²) in [5.74, 6) is -0.411. The Morgan fingerprint density at radius 3 is 2.39 bits per heavy atom. The third-order valence-corrected chi connectivity index (χ3v) is 6.92. The van der Waals surface area contributed by atoms with Gasteiger partial charge >= 0.3 is 12.2 Å². The number of fused-ring (bicyclic) bond motifs is 1. The minimum atomic E-state index is -3.41. The molecule has 2 aliphatic heterocycles. The zero-order valence-electron chi connectivity index (χ0n) is 21.6. The van der Waals surface area contributed by atoms with Crippen LogP contribution in [0, 0.1) is 5.92 Å². The van der Waals surface area contributed by atoms with E-state index in [9.17, 15) is 27.9 Å². The van der Waals surface area contributed by atoms with Gasteiger partial charge < -0.3 is 19.5 Å². The number of rotatable bonds is 6. The summed E-state index contributed by atoms with van der Waals surface area (Å²) in [4.78, 5) is 38.9. The van der Waals surface area contributed by atoms with Crippen molar-refractivity contribution in [2.75, 3.05) is 30.7 Å². The molecular formula is C26H31N3O8S. The number of anilines is 1. The maximum Gasteiger partial charge on any atom is 0.414 e. The molecule has 0 bridgehead atoms. The molecule has 0 radical (unpaired) electrons. The van der Waals surface area contributed by atoms with Gasteiger partial charge in [0, 0.05) is 36.2 Å². The molecule has 3 amide bonds. The molecular weight excluding hydrogens is 514 g/mol. The average molecular weight is 546 g/mol. The van der Waals surface area contributed by atoms with E-state index in [4.69, 9.17) is 9.47 Å². The molecule has 12 heteroatoms. The number of hydrogen-bond acceptors (Lipinski definition) is 7. The van der Waals surface area contributed by atoms with Crippen LogP contribution in [0.25, 0.3) is 0 Å². The standard InChI is InChI=1S/C26H31N3O8S/c1-26(2,3)37-25(33)28-12-18(22(14-28)16-5-8-19(9-6-16)27-38(4,34)35)15-36-20-10-7-17-13-29(24(31)32)23(30)21(17)11-20/h5-11,18,22,27H,12-15H2,1-4H3,(H,31,32)/t18-,22-/m0/s1. The van der Waals surface area contributed by atoms with Gasteiger partial charge in [0.05, 0.1) is 19.4 Å². The predicted molar refractivity (Wildman–Crippen MR) is 139 cm³/mol. The van der Waals surface area contributed by atoms with Gasteiger partial charge in [-0.2, -0.15) is 0 Å². The van der Waals surface area contributed by atoms with Crippen LogP contribution < -0.4 is 9.46 Å². The van der Waals surface area contributed by atoms with E-state index in [2.05, 4.69) is 4.72 Å². The van der Waals surface area contributed by atoms with E-state index in [1.54, 1.807) is 56.0 Å². The minimum absolute atomic E-state index is 0.00348. The van der Waals surface area contributed by atoms with E-state index in [0.29, 0.717) is 30.1 Å². The highest BCUT2D eigenvalue weighted by molar-refractivity contribution is 7.92. The SMILES string of the molecule is CC(C)(C)OC(=O)N1C[C@@H](COc2ccc3c(c2)C(=O)N(C(=O)O)C3)[C@H](c2ccc(NS(C)(=O)=O)cc2)C1. The van der Waals surface area contributed by atoms with Crippen LogP contribution in [0.1, 0.15) is 48.2 Å². The number of likely N-dealkylation sites (tertiary alicyclic amines) is 1. The zero-order valence-corrected chi connectivity index (χ0v) is 22.4. The van der Waals surface area contributed by atoms with Gasteiger partial charge in [-0.05, 0) is 56.2 Å². The highest BCUT2D eigenvalue weighted by Crippen LogP contribution is 2.35. The van der Waals surface area contributed by atoms with Gasteiger partial charge in [-0.25, -0.2) is 22.9 Å². The van der Waals surface area contributed by atoms with Crippen molar-refractivity contribution in [2.45, 2.75) is 38.8 Å². The molecule has 2 aromatic carbocycles. The second-order valence-electron chi connectivity index (χ2n) is 10.6. The molecule has 204 valence electrons. The molecule has 11 nitrogen and oxygen atoms in total. The van der Waals surface area contributed by atoms with Crippen LogP contribution in [0.15, 0.2) is 42.5 Å². The maximum atomic E-state index is 12.8. The summed E-state index contributed by atoms with van der Waals surface area (Å²) in [6.45, 7) is 6.39. The molecule has 0 aliphatic carbocycles. The summed E-state index contributed by atoms with van der Waals surface area (Å²) < 4.78 is 37.1. The third-order valence-electron chi connectivity index (χ3n) is 6.32. The molecule has 0 unspecified atom stereocenters. The lowest BCUT2D eigenvalue weighted by Crippen LogP contribution is -2.35. The van der Waals surface area contributed by atoms with Crippen molar-refractivity contribution in [3.8, 4) is 5.75 Å². The van der Waals surface area contributed by atoms with Crippen molar-refractivity contribution in [3.63, 3.8) is 0 Å². The Morgan fingerprint density at radius 1 is 1.11 bits per heavy atom. The van der Waals surface area contributed by atoms with Crippen LogP contribution in [0.5, 0.6) is 5.75 Å². The summed E-state index contributed by atoms with van der Waals surface area (Å²) in [7, 11) is -3.41. The number of amides is 3. The van der Waals surface area contributed by atoms with E-state index >= 15 is 0 Å². The first-order valence-electron chi connectivity index (χ1n) is 12.1. The van der Waals surface area contributed by atoms with Gasteiger partial charge in [0.1, 0.15) is 11.4 Å². The second-order valence-corrected chi connectivity index (χ2v) is 12.3. The van der Waals surface area contributed by atoms with E-state index in [0.717, 1.165) is 16.7 Å². The first-order chi connectivity index (χ1) is 17.7. The average Bonchev–Trinajstić information content (AvgIpc) is 3.38. The molecule has 0 spiro atoms. The van der Waals surface area contributed by atoms with Gasteiger partial charge in [0.2, 0.25) is 10.0 Å². The van der Waals surface area contributed by atoms with Gasteiger partial charge in [-0.1, -0.05) is 18.2 Å². The molecule has 2 aromatic rings. The number of hydrogen-bond donors (Lipinski definition) is 2. The van der Waals surface area contributed by atoms with Gasteiger partial charge in [0.25, 0.3) is 5.91 Å². The van der Waals surface area contributed by atoms with Crippen LogP contribution in [0.4, 0.5) is 15.3 Å². The lowest BCUT2D eigenvalue weighted by molar-refractivity contribution is 0.0283. The topological polar surface area (TPSA) is 143 Å². The zero-order chi connectivity index (χ0) is 27.8. The molecule has 1 saturated heterocycles. The lowest BCUT2D eigenvalue weighted by atomic mass is 9.89. The first kappa shape index (κ1) is 27.2. The van der Waals surface area contributed by atoms with E-state index in [1.165, 1.54) is 0 Å². The van der Waals surface area contributed by atoms with Gasteiger partial charge in [-0.15, -0.1) is 0 Å². The Kier molecular flexibility index (Phi) is 7.29. The third kappa shape index (κ3) is 6.36. The molecule has 2 N–H and O–H groups in total. The van der Waals surface area contributed by atoms with Crippen molar-refractivity contribution in [2.24, 2.45) is 5.92 Å². The number of carboxylic acid groups (broad SMARTS) is 1. The summed E-state index contributed by atoms with van der Waals surface area (Å²) >= 11 is 0. The number of nitrogens with zero attached hydrogens (tertiary/aromatic N) is 2. The molecule has 1 fully saturated rings. The molecule has 0 aromatic heterocycles. The van der Waals surface area contributed by atoms with Gasteiger partial charge in [-0.3, -0.25) is 9.52 Å². The van der Waals surface area contributed by atoms with Crippen molar-refractivity contribution in [1.82, 2.24) is 9.80 Å². The molecule has 4 rings (SSSR count). The first-order valence-corrected chi connectivity index (χ1v) is 14.0. The Balaban J connectivity index is 1.52. The number of benzene rings is 2. The van der Waals surface area contributed by atoms with Crippen LogP contribution in [0.2, 0.25) is 0 Å². The molecule has 0 saturated carbocycles. The number of carbonyl (C=O) groups excluding carboxylic acids is 2. The van der Waals surface area contributed by atoms with Crippen molar-refractivity contribution in [3.05, 3.63) is 59.2 Å². The van der Waals surface area contributed by atoms with Crippen LogP contribution in [-0.4, -0.2) is 73.0 Å².